The lowest BCUT2D eigenvalue weighted by molar-refractivity contribution is 0.0451. The molecule has 1 aliphatic carbocycles. The Hall–Kier alpha value is -1.55. The number of hydrogen-bond acceptors (Lipinski definition) is 3. The average Bonchev–Trinajstić information content (AvgIpc) is 2.48. The average molecular weight is 291 g/mol. The van der Waals surface area contributed by atoms with Crippen molar-refractivity contribution in [2.45, 2.75) is 38.7 Å². The zero-order valence-electron chi connectivity index (χ0n) is 13.1. The van der Waals surface area contributed by atoms with Gasteiger partial charge in [-0.05, 0) is 43.5 Å². The number of methoxy groups -OCH3 is 1. The van der Waals surface area contributed by atoms with Crippen molar-refractivity contribution in [1.29, 1.82) is 0 Å². The molecule has 2 unspecified atom stereocenters. The van der Waals surface area contributed by atoms with Crippen molar-refractivity contribution in [3.05, 3.63) is 29.3 Å². The molecule has 1 aromatic carbocycles. The molecule has 1 fully saturated rings. The lowest BCUT2D eigenvalue weighted by Gasteiger charge is -2.31. The molecule has 2 rings (SSSR count). The van der Waals surface area contributed by atoms with Crippen LogP contribution < -0.4 is 4.74 Å². The van der Waals surface area contributed by atoms with Gasteiger partial charge in [-0.3, -0.25) is 4.79 Å². The highest BCUT2D eigenvalue weighted by molar-refractivity contribution is 5.95. The molecule has 1 aliphatic rings. The predicted molar refractivity (Wildman–Crippen MR) is 82.7 cm³/mol. The second-order valence-electron chi connectivity index (χ2n) is 5.98. The summed E-state index contributed by atoms with van der Waals surface area (Å²) in [6.07, 6.45) is 3.82. The molecule has 0 aliphatic heterocycles. The Balaban J connectivity index is 2.05. The fraction of sp³-hybridized carbons (Fsp3) is 0.588. The van der Waals surface area contributed by atoms with Gasteiger partial charge in [0.2, 0.25) is 0 Å². The van der Waals surface area contributed by atoms with Crippen LogP contribution in [0.25, 0.3) is 0 Å². The Morgan fingerprint density at radius 2 is 2.10 bits per heavy atom. The number of rotatable bonds is 4. The van der Waals surface area contributed by atoms with Gasteiger partial charge in [0.15, 0.2) is 0 Å². The Kier molecular flexibility index (Phi) is 5.23. The van der Waals surface area contributed by atoms with E-state index in [2.05, 4.69) is 0 Å². The van der Waals surface area contributed by atoms with Crippen LogP contribution in [0.3, 0.4) is 0 Å². The van der Waals surface area contributed by atoms with Gasteiger partial charge in [-0.25, -0.2) is 0 Å². The minimum absolute atomic E-state index is 0.00734. The lowest BCUT2D eigenvalue weighted by Crippen LogP contribution is -2.38. The third-order valence-corrected chi connectivity index (χ3v) is 4.39. The van der Waals surface area contributed by atoms with E-state index < -0.39 is 0 Å². The summed E-state index contributed by atoms with van der Waals surface area (Å²) in [5, 5.41) is 10.0. The van der Waals surface area contributed by atoms with Crippen LogP contribution in [-0.2, 0) is 0 Å². The van der Waals surface area contributed by atoms with Crippen LogP contribution in [0.15, 0.2) is 18.2 Å². The van der Waals surface area contributed by atoms with E-state index in [9.17, 15) is 9.90 Å². The molecular formula is C17H25NO3. The molecule has 1 N–H and O–H groups in total. The lowest BCUT2D eigenvalue weighted by atomic mass is 9.86. The number of aryl methyl sites for hydroxylation is 1. The van der Waals surface area contributed by atoms with E-state index in [4.69, 9.17) is 4.74 Å². The number of carbonyl (C=O) groups excluding carboxylic acids is 1. The largest absolute Gasteiger partial charge is 0.497 e. The van der Waals surface area contributed by atoms with Gasteiger partial charge in [-0.15, -0.1) is 0 Å². The first-order valence-electron chi connectivity index (χ1n) is 7.61. The highest BCUT2D eigenvalue weighted by atomic mass is 16.5. The van der Waals surface area contributed by atoms with Gasteiger partial charge in [0.1, 0.15) is 5.75 Å². The van der Waals surface area contributed by atoms with E-state index in [0.29, 0.717) is 12.1 Å². The molecule has 0 heterocycles. The monoisotopic (exact) mass is 291 g/mol. The summed E-state index contributed by atoms with van der Waals surface area (Å²) >= 11 is 0. The molecule has 21 heavy (non-hydrogen) atoms. The summed E-state index contributed by atoms with van der Waals surface area (Å²) in [5.74, 6) is 0.966. The Morgan fingerprint density at radius 3 is 2.71 bits per heavy atom. The normalized spacial score (nSPS) is 21.9. The third-order valence-electron chi connectivity index (χ3n) is 4.39. The molecule has 4 nitrogen and oxygen atoms in total. The minimum atomic E-state index is -0.272. The highest BCUT2D eigenvalue weighted by Gasteiger charge is 2.26. The fourth-order valence-electron chi connectivity index (χ4n) is 3.04. The number of nitrogens with zero attached hydrogens (tertiary/aromatic N) is 1. The van der Waals surface area contributed by atoms with E-state index >= 15 is 0 Å². The number of aliphatic hydroxyl groups excluding tert-OH is 1. The Morgan fingerprint density at radius 1 is 1.38 bits per heavy atom. The summed E-state index contributed by atoms with van der Waals surface area (Å²) in [7, 11) is 3.43. The highest BCUT2D eigenvalue weighted by Crippen LogP contribution is 2.26. The van der Waals surface area contributed by atoms with Gasteiger partial charge < -0.3 is 14.7 Å². The third kappa shape index (κ3) is 3.76. The standard InChI is InChI=1S/C17H25NO3/c1-12-10-14(21-3)8-9-15(12)17(20)18(2)11-13-6-4-5-7-16(13)19/h8-10,13,16,19H,4-7,11H2,1-3H3. The van der Waals surface area contributed by atoms with Crippen molar-refractivity contribution in [2.24, 2.45) is 5.92 Å². The fourth-order valence-corrected chi connectivity index (χ4v) is 3.04. The smallest absolute Gasteiger partial charge is 0.253 e. The predicted octanol–water partition coefficient (Wildman–Crippen LogP) is 2.63. The van der Waals surface area contributed by atoms with E-state index in [1.54, 1.807) is 12.0 Å². The summed E-state index contributed by atoms with van der Waals surface area (Å²) in [6, 6.07) is 5.49. The molecule has 0 bridgehead atoms. The first-order valence-corrected chi connectivity index (χ1v) is 7.61. The van der Waals surface area contributed by atoms with Crippen molar-refractivity contribution in [2.75, 3.05) is 20.7 Å². The zero-order valence-corrected chi connectivity index (χ0v) is 13.1. The number of carbonyl (C=O) groups is 1. The van der Waals surface area contributed by atoms with Gasteiger partial charge in [0, 0.05) is 25.1 Å². The van der Waals surface area contributed by atoms with Crippen LogP contribution >= 0.6 is 0 Å². The van der Waals surface area contributed by atoms with Gasteiger partial charge in [0.25, 0.3) is 5.91 Å². The van der Waals surface area contributed by atoms with Crippen LogP contribution in [0, 0.1) is 12.8 Å². The second-order valence-corrected chi connectivity index (χ2v) is 5.98. The summed E-state index contributed by atoms with van der Waals surface area (Å²) in [6.45, 7) is 2.53. The molecule has 1 aromatic rings. The van der Waals surface area contributed by atoms with Gasteiger partial charge >= 0.3 is 0 Å². The molecule has 116 valence electrons. The Labute approximate surface area is 126 Å². The van der Waals surface area contributed by atoms with Gasteiger partial charge in [-0.1, -0.05) is 12.8 Å². The van der Waals surface area contributed by atoms with Crippen LogP contribution in [0.2, 0.25) is 0 Å². The van der Waals surface area contributed by atoms with Crippen LogP contribution in [0.1, 0.15) is 41.6 Å². The SMILES string of the molecule is COc1ccc(C(=O)N(C)CC2CCCCC2O)c(C)c1. The van der Waals surface area contributed by atoms with Gasteiger partial charge in [-0.2, -0.15) is 0 Å². The first kappa shape index (κ1) is 15.8. The molecule has 1 amide bonds. The van der Waals surface area contributed by atoms with Crippen molar-refractivity contribution < 1.29 is 14.6 Å². The number of amides is 1. The van der Waals surface area contributed by atoms with E-state index in [0.717, 1.165) is 37.0 Å². The molecule has 2 atom stereocenters. The molecule has 1 saturated carbocycles. The molecule has 0 radical (unpaired) electrons. The van der Waals surface area contributed by atoms with Crippen LogP contribution in [0.5, 0.6) is 5.75 Å². The van der Waals surface area contributed by atoms with Gasteiger partial charge in [0.05, 0.1) is 13.2 Å². The second kappa shape index (κ2) is 6.94. The quantitative estimate of drug-likeness (QED) is 0.927. The number of aliphatic hydroxyl groups is 1. The Bertz CT molecular complexity index is 501. The van der Waals surface area contributed by atoms with Crippen molar-refractivity contribution in [3.8, 4) is 5.75 Å². The first-order chi connectivity index (χ1) is 10.0. The number of benzene rings is 1. The topological polar surface area (TPSA) is 49.8 Å². The van der Waals surface area contributed by atoms with Crippen molar-refractivity contribution in [1.82, 2.24) is 4.90 Å². The maximum absolute atomic E-state index is 12.5. The number of ether oxygens (including phenoxy) is 1. The summed E-state index contributed by atoms with van der Waals surface area (Å²) < 4.78 is 5.17. The van der Waals surface area contributed by atoms with Crippen LogP contribution in [-0.4, -0.2) is 42.7 Å². The van der Waals surface area contributed by atoms with E-state index in [1.807, 2.05) is 32.2 Å². The van der Waals surface area contributed by atoms with Crippen LogP contribution in [0.4, 0.5) is 0 Å². The molecular weight excluding hydrogens is 266 g/mol. The molecule has 0 aromatic heterocycles. The molecule has 0 saturated heterocycles. The van der Waals surface area contributed by atoms with Crippen molar-refractivity contribution in [3.63, 3.8) is 0 Å². The maximum Gasteiger partial charge on any atom is 0.253 e. The maximum atomic E-state index is 12.5. The molecule has 0 spiro atoms. The number of hydrogen-bond donors (Lipinski definition) is 1. The summed E-state index contributed by atoms with van der Waals surface area (Å²) in [4.78, 5) is 14.3. The minimum Gasteiger partial charge on any atom is -0.497 e. The summed E-state index contributed by atoms with van der Waals surface area (Å²) in [5.41, 5.74) is 1.61. The van der Waals surface area contributed by atoms with E-state index in [-0.39, 0.29) is 17.9 Å². The van der Waals surface area contributed by atoms with E-state index in [1.165, 1.54) is 0 Å². The van der Waals surface area contributed by atoms with Crippen molar-refractivity contribution >= 4 is 5.91 Å². The molecule has 4 heteroatoms. The zero-order chi connectivity index (χ0) is 15.4.